The van der Waals surface area contributed by atoms with Crippen LogP contribution in [0.15, 0.2) is 35.1 Å². The molecule has 8 nitrogen and oxygen atoms in total. The van der Waals surface area contributed by atoms with Crippen molar-refractivity contribution in [2.24, 2.45) is 0 Å². The molecule has 5 heterocycles. The van der Waals surface area contributed by atoms with Gasteiger partial charge in [0.1, 0.15) is 5.65 Å². The van der Waals surface area contributed by atoms with Gasteiger partial charge in [-0.25, -0.2) is 15.0 Å². The number of thiazole rings is 1. The van der Waals surface area contributed by atoms with Crippen LogP contribution in [0.1, 0.15) is 45.4 Å². The summed E-state index contributed by atoms with van der Waals surface area (Å²) < 4.78 is 5.36. The molecule has 5 aromatic rings. The number of nitrogens with zero attached hydrogens (tertiary/aromatic N) is 4. The zero-order valence-corrected chi connectivity index (χ0v) is 17.7. The van der Waals surface area contributed by atoms with Gasteiger partial charge >= 0.3 is 0 Å². The van der Waals surface area contributed by atoms with Gasteiger partial charge in [0.25, 0.3) is 11.6 Å². The maximum Gasteiger partial charge on any atom is 0.259 e. The lowest BCUT2D eigenvalue weighted by atomic mass is 10.1. The molecular weight excluding hydrogens is 412 g/mol. The summed E-state index contributed by atoms with van der Waals surface area (Å²) in [5.41, 5.74) is 5.08. The fourth-order valence-electron chi connectivity index (χ4n) is 3.90. The summed E-state index contributed by atoms with van der Waals surface area (Å²) >= 11 is 1.45. The van der Waals surface area contributed by atoms with Gasteiger partial charge in [0, 0.05) is 39.8 Å². The fraction of sp³-hybridized carbons (Fsp3) is 0.227. The normalized spacial score (nSPS) is 13.9. The quantitative estimate of drug-likeness (QED) is 0.417. The second-order valence-corrected chi connectivity index (χ2v) is 9.00. The van der Waals surface area contributed by atoms with Crippen molar-refractivity contribution in [1.82, 2.24) is 25.1 Å². The van der Waals surface area contributed by atoms with Gasteiger partial charge in [-0.3, -0.25) is 10.1 Å². The van der Waals surface area contributed by atoms with Crippen molar-refractivity contribution in [2.75, 3.05) is 5.32 Å². The number of rotatable bonds is 4. The molecule has 1 fully saturated rings. The summed E-state index contributed by atoms with van der Waals surface area (Å²) in [6.45, 7) is 3.82. The molecule has 0 saturated heterocycles. The average Bonchev–Trinajstić information content (AvgIpc) is 3.29. The molecule has 6 rings (SSSR count). The summed E-state index contributed by atoms with van der Waals surface area (Å²) in [5.74, 6) is 0.159. The van der Waals surface area contributed by atoms with Gasteiger partial charge in [-0.15, -0.1) is 11.3 Å². The Balaban J connectivity index is 1.37. The second-order valence-electron chi connectivity index (χ2n) is 7.80. The first kappa shape index (κ1) is 18.2. The van der Waals surface area contributed by atoms with E-state index in [2.05, 4.69) is 25.4 Å². The SMILES string of the molecule is Cc1sc(NC(=O)c2cc(C3CC3)nc3onc(C)c23)nc1-c1c[nH]c2ncccc12. The van der Waals surface area contributed by atoms with E-state index in [1.165, 1.54) is 11.3 Å². The van der Waals surface area contributed by atoms with E-state index in [0.717, 1.165) is 45.7 Å². The molecule has 1 saturated carbocycles. The summed E-state index contributed by atoms with van der Waals surface area (Å²) in [6.07, 6.45) is 5.82. The van der Waals surface area contributed by atoms with Crippen LogP contribution in [-0.2, 0) is 0 Å². The number of pyridine rings is 2. The van der Waals surface area contributed by atoms with Crippen LogP contribution in [0.25, 0.3) is 33.4 Å². The number of anilines is 1. The monoisotopic (exact) mass is 430 g/mol. The Labute approximate surface area is 180 Å². The van der Waals surface area contributed by atoms with E-state index in [4.69, 9.17) is 9.51 Å². The number of nitrogens with one attached hydrogen (secondary N) is 2. The first-order valence-electron chi connectivity index (χ1n) is 10.1. The Morgan fingerprint density at radius 2 is 2.16 bits per heavy atom. The minimum Gasteiger partial charge on any atom is -0.345 e. The molecule has 31 heavy (non-hydrogen) atoms. The van der Waals surface area contributed by atoms with Crippen molar-refractivity contribution in [2.45, 2.75) is 32.6 Å². The first-order chi connectivity index (χ1) is 15.1. The second kappa shape index (κ2) is 6.71. The third-order valence-corrected chi connectivity index (χ3v) is 6.49. The maximum atomic E-state index is 13.2. The first-order valence-corrected chi connectivity index (χ1v) is 10.9. The molecule has 9 heteroatoms. The standard InChI is InChI=1S/C22H18N6O2S/c1-10-17-14(8-16(12-5-6-12)25-21(17)30-28-10)20(29)27-22-26-18(11(2)31-22)15-9-24-19-13(15)4-3-7-23-19/h3-4,7-9,12H,5-6H2,1-2H3,(H,23,24)(H,26,27,29). The smallest absolute Gasteiger partial charge is 0.259 e. The molecule has 1 aliphatic rings. The highest BCUT2D eigenvalue weighted by atomic mass is 32.1. The average molecular weight is 430 g/mol. The van der Waals surface area contributed by atoms with Crippen LogP contribution in [0, 0.1) is 13.8 Å². The van der Waals surface area contributed by atoms with Crippen molar-refractivity contribution in [3.05, 3.63) is 52.4 Å². The number of carbonyl (C=O) groups excluding carboxylic acids is 1. The van der Waals surface area contributed by atoms with Crippen LogP contribution in [0.3, 0.4) is 0 Å². The van der Waals surface area contributed by atoms with E-state index in [0.29, 0.717) is 33.4 Å². The Bertz CT molecular complexity index is 1480. The molecule has 0 spiro atoms. The lowest BCUT2D eigenvalue weighted by molar-refractivity contribution is 0.102. The van der Waals surface area contributed by atoms with Crippen molar-refractivity contribution in [3.63, 3.8) is 0 Å². The number of aromatic amines is 1. The van der Waals surface area contributed by atoms with E-state index in [1.54, 1.807) is 6.20 Å². The summed E-state index contributed by atoms with van der Waals surface area (Å²) in [4.78, 5) is 31.0. The van der Waals surface area contributed by atoms with Crippen LogP contribution in [0.2, 0.25) is 0 Å². The van der Waals surface area contributed by atoms with E-state index in [9.17, 15) is 4.79 Å². The maximum absolute atomic E-state index is 13.2. The van der Waals surface area contributed by atoms with E-state index < -0.39 is 0 Å². The van der Waals surface area contributed by atoms with Crippen LogP contribution in [0.4, 0.5) is 5.13 Å². The van der Waals surface area contributed by atoms with Gasteiger partial charge in [0.2, 0.25) is 0 Å². The minimum absolute atomic E-state index is 0.235. The van der Waals surface area contributed by atoms with Gasteiger partial charge < -0.3 is 9.51 Å². The minimum atomic E-state index is -0.235. The molecule has 154 valence electrons. The zero-order valence-electron chi connectivity index (χ0n) is 16.9. The van der Waals surface area contributed by atoms with Crippen LogP contribution < -0.4 is 5.32 Å². The predicted molar refractivity (Wildman–Crippen MR) is 118 cm³/mol. The molecule has 0 aromatic carbocycles. The number of aromatic nitrogens is 5. The van der Waals surface area contributed by atoms with Crippen LogP contribution >= 0.6 is 11.3 Å². The number of aryl methyl sites for hydroxylation is 2. The number of carbonyl (C=O) groups is 1. The largest absolute Gasteiger partial charge is 0.345 e. The number of hydrogen-bond acceptors (Lipinski definition) is 7. The third kappa shape index (κ3) is 3.00. The van der Waals surface area contributed by atoms with Gasteiger partial charge in [0.15, 0.2) is 5.13 Å². The number of H-pyrrole nitrogens is 1. The molecule has 0 unspecified atom stereocenters. The zero-order chi connectivity index (χ0) is 21.1. The van der Waals surface area contributed by atoms with E-state index in [-0.39, 0.29) is 5.91 Å². The van der Waals surface area contributed by atoms with Crippen LogP contribution in [0.5, 0.6) is 0 Å². The molecule has 2 N–H and O–H groups in total. The lowest BCUT2D eigenvalue weighted by Crippen LogP contribution is -2.13. The topological polar surface area (TPSA) is 110 Å². The molecule has 0 aliphatic heterocycles. The number of hydrogen-bond donors (Lipinski definition) is 2. The fourth-order valence-corrected chi connectivity index (χ4v) is 4.72. The molecule has 0 bridgehead atoms. The van der Waals surface area contributed by atoms with Gasteiger partial charge in [-0.05, 0) is 44.9 Å². The lowest BCUT2D eigenvalue weighted by Gasteiger charge is -2.06. The van der Waals surface area contributed by atoms with E-state index in [1.807, 2.05) is 38.2 Å². The molecule has 1 aliphatic carbocycles. The Hall–Kier alpha value is -3.59. The van der Waals surface area contributed by atoms with Crippen molar-refractivity contribution in [3.8, 4) is 11.3 Å². The molecule has 0 atom stereocenters. The third-order valence-electron chi connectivity index (χ3n) is 5.60. The summed E-state index contributed by atoms with van der Waals surface area (Å²) in [7, 11) is 0. The van der Waals surface area contributed by atoms with Gasteiger partial charge in [-0.1, -0.05) is 5.16 Å². The van der Waals surface area contributed by atoms with Crippen molar-refractivity contribution in [1.29, 1.82) is 0 Å². The highest BCUT2D eigenvalue weighted by Gasteiger charge is 2.29. The molecule has 5 aromatic heterocycles. The Morgan fingerprint density at radius 3 is 3.00 bits per heavy atom. The Morgan fingerprint density at radius 1 is 1.29 bits per heavy atom. The predicted octanol–water partition coefficient (Wildman–Crippen LogP) is 4.97. The highest BCUT2D eigenvalue weighted by molar-refractivity contribution is 7.16. The number of fused-ring (bicyclic) bond motifs is 2. The molecular formula is C22H18N6O2S. The highest BCUT2D eigenvalue weighted by Crippen LogP contribution is 2.41. The molecule has 1 amide bonds. The van der Waals surface area contributed by atoms with E-state index >= 15 is 0 Å². The molecule has 0 radical (unpaired) electrons. The van der Waals surface area contributed by atoms with Gasteiger partial charge in [-0.2, -0.15) is 0 Å². The van der Waals surface area contributed by atoms with Crippen molar-refractivity contribution < 1.29 is 9.32 Å². The summed E-state index contributed by atoms with van der Waals surface area (Å²) in [6, 6.07) is 5.77. The van der Waals surface area contributed by atoms with Crippen molar-refractivity contribution >= 4 is 44.5 Å². The summed E-state index contributed by atoms with van der Waals surface area (Å²) in [5, 5.41) is 9.17. The number of amides is 1. The Kier molecular flexibility index (Phi) is 3.94. The van der Waals surface area contributed by atoms with Gasteiger partial charge in [0.05, 0.1) is 22.3 Å². The van der Waals surface area contributed by atoms with Crippen LogP contribution in [-0.4, -0.2) is 31.0 Å².